The second-order valence-corrected chi connectivity index (χ2v) is 20.4. The number of benzene rings is 5. The van der Waals surface area contributed by atoms with Crippen LogP contribution in [-0.2, 0) is 33.0 Å². The van der Waals surface area contributed by atoms with Crippen molar-refractivity contribution < 1.29 is 33.8 Å². The molecule has 1 fully saturated rings. The lowest BCUT2D eigenvalue weighted by molar-refractivity contribution is -0.150. The standard InChI is InChI=1S/C45H44BrN3O7Si/c1-29-42(57(2,3)54)40(26-41(51)47(23-24-50)27-30-11-5-4-6-12-30)56-45(29)35-25-32(46)19-22-36(35)48(44(45)53)28-31-17-20-33(21-18-31)49-37-14-8-10-16-39(37)55-38-15-9-7-13-34(38)43(49)52/h4-22,25,29,40,42,50,54H,23-24,26-28H2,1-3H3/t29-,40+,42-,45+/m1/s1. The number of hydrogen-bond acceptors (Lipinski definition) is 7. The van der Waals surface area contributed by atoms with Gasteiger partial charge in [-0.25, -0.2) is 0 Å². The maximum atomic E-state index is 15.1. The third-order valence-corrected chi connectivity index (χ3v) is 14.4. The fourth-order valence-corrected chi connectivity index (χ4v) is 11.8. The van der Waals surface area contributed by atoms with Crippen molar-refractivity contribution in [2.45, 2.75) is 56.8 Å². The van der Waals surface area contributed by atoms with Crippen LogP contribution >= 0.6 is 15.9 Å². The Morgan fingerprint density at radius 3 is 2.26 bits per heavy atom. The summed E-state index contributed by atoms with van der Waals surface area (Å²) in [7, 11) is -3.05. The molecule has 57 heavy (non-hydrogen) atoms. The van der Waals surface area contributed by atoms with E-state index in [1.807, 2.05) is 129 Å². The third kappa shape index (κ3) is 6.99. The number of hydrogen-bond donors (Lipinski definition) is 2. The summed E-state index contributed by atoms with van der Waals surface area (Å²) < 4.78 is 13.9. The molecule has 4 atom stereocenters. The number of fused-ring (bicyclic) bond motifs is 4. The first-order chi connectivity index (χ1) is 27.4. The first kappa shape index (κ1) is 38.7. The number of rotatable bonds is 10. The highest BCUT2D eigenvalue weighted by Crippen LogP contribution is 2.60. The van der Waals surface area contributed by atoms with Crippen LogP contribution in [-0.4, -0.2) is 60.1 Å². The van der Waals surface area contributed by atoms with Crippen molar-refractivity contribution in [3.05, 3.63) is 148 Å². The van der Waals surface area contributed by atoms with E-state index in [2.05, 4.69) is 15.9 Å². The zero-order valence-electron chi connectivity index (χ0n) is 32.0. The molecule has 5 aromatic rings. The van der Waals surface area contributed by atoms with Gasteiger partial charge in [0.25, 0.3) is 11.8 Å². The van der Waals surface area contributed by atoms with Crippen LogP contribution < -0.4 is 14.5 Å². The SMILES string of the molecule is C[C@@H]1[C@@H]([Si](C)(C)O)[C@H](CC(=O)N(CCO)Cc2ccccc2)O[C@@]12C(=O)N(Cc1ccc(N3C(=O)c4ccccc4Oc4ccccc43)cc1)c1ccc(Br)cc12. The second-order valence-electron chi connectivity index (χ2n) is 15.5. The van der Waals surface area contributed by atoms with Gasteiger partial charge in [-0.05, 0) is 78.8 Å². The van der Waals surface area contributed by atoms with Crippen LogP contribution in [0.4, 0.5) is 17.1 Å². The normalized spacial score (nSPS) is 21.2. The molecule has 8 rings (SSSR count). The molecule has 1 spiro atoms. The lowest BCUT2D eigenvalue weighted by Crippen LogP contribution is -2.46. The number of nitrogens with zero attached hydrogens (tertiary/aromatic N) is 3. The van der Waals surface area contributed by atoms with Gasteiger partial charge in [0, 0.05) is 40.3 Å². The smallest absolute Gasteiger partial charge is 0.266 e. The summed E-state index contributed by atoms with van der Waals surface area (Å²) in [5, 5.41) is 9.88. The minimum atomic E-state index is -3.05. The fourth-order valence-electron chi connectivity index (χ4n) is 8.92. The van der Waals surface area contributed by atoms with Crippen molar-refractivity contribution in [2.75, 3.05) is 23.0 Å². The highest BCUT2D eigenvalue weighted by molar-refractivity contribution is 9.10. The summed E-state index contributed by atoms with van der Waals surface area (Å²) in [6, 6.07) is 37.5. The molecule has 0 unspecified atom stereocenters. The molecule has 3 heterocycles. The molecule has 0 bridgehead atoms. The molecule has 0 aliphatic carbocycles. The van der Waals surface area contributed by atoms with Gasteiger partial charge >= 0.3 is 0 Å². The number of para-hydroxylation sites is 3. The van der Waals surface area contributed by atoms with E-state index in [1.54, 1.807) is 26.8 Å². The molecule has 0 radical (unpaired) electrons. The van der Waals surface area contributed by atoms with Crippen molar-refractivity contribution in [3.8, 4) is 11.5 Å². The Kier molecular flexibility index (Phi) is 10.4. The van der Waals surface area contributed by atoms with E-state index in [-0.39, 0.29) is 43.8 Å². The maximum Gasteiger partial charge on any atom is 0.266 e. The molecular weight excluding hydrogens is 802 g/mol. The predicted molar refractivity (Wildman–Crippen MR) is 224 cm³/mol. The van der Waals surface area contributed by atoms with E-state index < -0.39 is 31.5 Å². The number of amides is 3. The lowest BCUT2D eigenvalue weighted by atomic mass is 9.82. The minimum absolute atomic E-state index is 0.0491. The number of aliphatic hydroxyl groups is 1. The Morgan fingerprint density at radius 1 is 0.860 bits per heavy atom. The number of halogens is 1. The van der Waals surface area contributed by atoms with Gasteiger partial charge in [0.05, 0.1) is 42.6 Å². The predicted octanol–water partition coefficient (Wildman–Crippen LogP) is 8.29. The van der Waals surface area contributed by atoms with E-state index in [1.165, 1.54) is 0 Å². The van der Waals surface area contributed by atoms with Crippen molar-refractivity contribution in [1.29, 1.82) is 0 Å². The topological polar surface area (TPSA) is 120 Å². The van der Waals surface area contributed by atoms with Crippen LogP contribution in [0, 0.1) is 5.92 Å². The Hall–Kier alpha value is -5.11. The van der Waals surface area contributed by atoms with Crippen LogP contribution in [0.1, 0.15) is 40.4 Å². The summed E-state index contributed by atoms with van der Waals surface area (Å²) in [6.45, 7) is 6.11. The van der Waals surface area contributed by atoms with Gasteiger partial charge in [-0.1, -0.05) is 89.6 Å². The zero-order chi connectivity index (χ0) is 40.1. The molecule has 292 valence electrons. The Bertz CT molecular complexity index is 2340. The van der Waals surface area contributed by atoms with Crippen LogP contribution in [0.2, 0.25) is 18.6 Å². The number of anilines is 3. The first-order valence-corrected chi connectivity index (χ1v) is 23.0. The summed E-state index contributed by atoms with van der Waals surface area (Å²) >= 11 is 3.63. The quantitative estimate of drug-likeness (QED) is 0.136. The fraction of sp³-hybridized carbons (Fsp3) is 0.267. The Balaban J connectivity index is 1.10. The van der Waals surface area contributed by atoms with Crippen LogP contribution in [0.3, 0.4) is 0 Å². The summed E-state index contributed by atoms with van der Waals surface area (Å²) in [5.74, 6) is -0.111. The molecule has 3 amide bonds. The van der Waals surface area contributed by atoms with Gasteiger partial charge < -0.3 is 29.2 Å². The number of carbonyl (C=O) groups is 3. The van der Waals surface area contributed by atoms with Gasteiger partial charge in [0.1, 0.15) is 5.75 Å². The highest BCUT2D eigenvalue weighted by atomic mass is 79.9. The van der Waals surface area contributed by atoms with Crippen molar-refractivity contribution in [2.24, 2.45) is 5.92 Å². The molecular formula is C45H44BrN3O7Si. The van der Waals surface area contributed by atoms with Crippen molar-refractivity contribution in [3.63, 3.8) is 0 Å². The zero-order valence-corrected chi connectivity index (χ0v) is 34.6. The maximum absolute atomic E-state index is 15.1. The van der Waals surface area contributed by atoms with Crippen LogP contribution in [0.15, 0.2) is 126 Å². The average molecular weight is 847 g/mol. The largest absolute Gasteiger partial charge is 0.454 e. The molecule has 3 aliphatic rings. The third-order valence-electron chi connectivity index (χ3n) is 11.4. The number of ether oxygens (including phenoxy) is 2. The molecule has 5 aromatic carbocycles. The van der Waals surface area contributed by atoms with Gasteiger partial charge in [0.2, 0.25) is 5.91 Å². The second kappa shape index (κ2) is 15.3. The van der Waals surface area contributed by atoms with Crippen molar-refractivity contribution in [1.82, 2.24) is 4.90 Å². The van der Waals surface area contributed by atoms with E-state index in [9.17, 15) is 19.5 Å². The van der Waals surface area contributed by atoms with Gasteiger partial charge in [-0.2, -0.15) is 0 Å². The summed E-state index contributed by atoms with van der Waals surface area (Å²) in [4.78, 5) is 59.9. The van der Waals surface area contributed by atoms with Gasteiger partial charge in [0.15, 0.2) is 19.7 Å². The molecule has 0 aromatic heterocycles. The van der Waals surface area contributed by atoms with E-state index in [4.69, 9.17) is 9.47 Å². The molecule has 2 N–H and O–H groups in total. The minimum Gasteiger partial charge on any atom is -0.454 e. The van der Waals surface area contributed by atoms with E-state index in [0.717, 1.165) is 15.6 Å². The van der Waals surface area contributed by atoms with Crippen LogP contribution in [0.25, 0.3) is 0 Å². The number of aliphatic hydroxyl groups excluding tert-OH is 1. The summed E-state index contributed by atoms with van der Waals surface area (Å²) in [5.41, 5.74) is 2.95. The Morgan fingerprint density at radius 2 is 1.54 bits per heavy atom. The monoisotopic (exact) mass is 845 g/mol. The summed E-state index contributed by atoms with van der Waals surface area (Å²) in [6.07, 6.45) is -0.790. The lowest BCUT2D eigenvalue weighted by Gasteiger charge is -2.32. The van der Waals surface area contributed by atoms with E-state index in [0.29, 0.717) is 46.2 Å². The van der Waals surface area contributed by atoms with Crippen molar-refractivity contribution >= 4 is 59.0 Å². The van der Waals surface area contributed by atoms with Gasteiger partial charge in [-0.15, -0.1) is 0 Å². The molecule has 10 nitrogen and oxygen atoms in total. The number of carbonyl (C=O) groups excluding carboxylic acids is 3. The molecule has 12 heteroatoms. The molecule has 0 saturated carbocycles. The van der Waals surface area contributed by atoms with Gasteiger partial charge in [-0.3, -0.25) is 19.3 Å². The van der Waals surface area contributed by atoms with E-state index >= 15 is 4.79 Å². The van der Waals surface area contributed by atoms with Crippen LogP contribution in [0.5, 0.6) is 11.5 Å². The molecule has 1 saturated heterocycles. The first-order valence-electron chi connectivity index (χ1n) is 19.1. The Labute approximate surface area is 341 Å². The highest BCUT2D eigenvalue weighted by Gasteiger charge is 2.66. The average Bonchev–Trinajstić information content (AvgIpc) is 3.56. The molecule has 3 aliphatic heterocycles.